The number of aromatic nitrogens is 3. The highest BCUT2D eigenvalue weighted by Crippen LogP contribution is 2.28. The Morgan fingerprint density at radius 1 is 0.923 bits per heavy atom. The van der Waals surface area contributed by atoms with E-state index in [0.29, 0.717) is 5.82 Å². The summed E-state index contributed by atoms with van der Waals surface area (Å²) in [6.07, 6.45) is 1.75. The quantitative estimate of drug-likeness (QED) is 0.561. The minimum absolute atomic E-state index is 0.682. The van der Waals surface area contributed by atoms with E-state index in [4.69, 9.17) is 14.5 Å². The van der Waals surface area contributed by atoms with E-state index in [1.54, 1.807) is 20.4 Å². The van der Waals surface area contributed by atoms with Crippen LogP contribution in [0.5, 0.6) is 11.5 Å². The van der Waals surface area contributed by atoms with Crippen LogP contribution in [0.4, 0.5) is 11.5 Å². The summed E-state index contributed by atoms with van der Waals surface area (Å²) in [6.45, 7) is 0. The molecule has 0 amide bonds. The Balaban J connectivity index is 1.73. The van der Waals surface area contributed by atoms with Gasteiger partial charge in [0.1, 0.15) is 22.8 Å². The topological polar surface area (TPSA) is 72.1 Å². The Labute approximate surface area is 150 Å². The van der Waals surface area contributed by atoms with E-state index in [9.17, 15) is 0 Å². The molecule has 0 saturated carbocycles. The smallest absolute Gasteiger partial charge is 0.158 e. The third kappa shape index (κ3) is 3.04. The van der Waals surface area contributed by atoms with Crippen LogP contribution in [0.15, 0.2) is 60.8 Å². The van der Waals surface area contributed by atoms with Crippen LogP contribution in [0.25, 0.3) is 22.4 Å². The zero-order chi connectivity index (χ0) is 17.9. The largest absolute Gasteiger partial charge is 0.497 e. The fourth-order valence-electron chi connectivity index (χ4n) is 2.77. The molecule has 4 aromatic rings. The molecule has 0 aliphatic rings. The number of fused-ring (bicyclic) bond motifs is 1. The van der Waals surface area contributed by atoms with Crippen molar-refractivity contribution in [2.45, 2.75) is 0 Å². The van der Waals surface area contributed by atoms with E-state index in [1.165, 1.54) is 0 Å². The van der Waals surface area contributed by atoms with Crippen molar-refractivity contribution in [2.24, 2.45) is 0 Å². The van der Waals surface area contributed by atoms with Gasteiger partial charge >= 0.3 is 0 Å². The lowest BCUT2D eigenvalue weighted by atomic mass is 10.2. The molecule has 6 nitrogen and oxygen atoms in total. The molecule has 0 fully saturated rings. The zero-order valence-electron chi connectivity index (χ0n) is 14.5. The average Bonchev–Trinajstić information content (AvgIpc) is 3.14. The van der Waals surface area contributed by atoms with Crippen molar-refractivity contribution in [1.82, 2.24) is 15.0 Å². The molecule has 0 unspecified atom stereocenters. The molecule has 0 saturated heterocycles. The predicted molar refractivity (Wildman–Crippen MR) is 102 cm³/mol. The van der Waals surface area contributed by atoms with Gasteiger partial charge in [0.05, 0.1) is 19.7 Å². The number of imidazole rings is 1. The molecule has 6 heteroatoms. The number of rotatable bonds is 5. The number of nitrogens with zero attached hydrogens (tertiary/aromatic N) is 2. The summed E-state index contributed by atoms with van der Waals surface area (Å²) in [5.74, 6) is 3.01. The van der Waals surface area contributed by atoms with E-state index in [0.717, 1.165) is 39.6 Å². The maximum Gasteiger partial charge on any atom is 0.158 e. The number of hydrogen-bond donors (Lipinski definition) is 2. The standard InChI is InChI=1S/C20H18N4O2/c1-25-15-7-3-5-13(11-15)19-23-17-9-10-21-20(18(17)24-19)22-14-6-4-8-16(12-14)26-2/h3-12H,1-2H3,(H,21,22)(H,23,24). The molecule has 26 heavy (non-hydrogen) atoms. The summed E-state index contributed by atoms with van der Waals surface area (Å²) in [5.41, 5.74) is 3.51. The maximum atomic E-state index is 5.30. The highest BCUT2D eigenvalue weighted by molar-refractivity contribution is 5.90. The molecule has 0 radical (unpaired) electrons. The second-order valence-corrected chi connectivity index (χ2v) is 5.73. The summed E-state index contributed by atoms with van der Waals surface area (Å²) in [5, 5.41) is 3.31. The Kier molecular flexibility index (Phi) is 4.15. The molecular formula is C20H18N4O2. The van der Waals surface area contributed by atoms with E-state index in [1.807, 2.05) is 54.6 Å². The molecule has 0 bridgehead atoms. The monoisotopic (exact) mass is 346 g/mol. The molecule has 130 valence electrons. The summed E-state index contributed by atoms with van der Waals surface area (Å²) < 4.78 is 10.6. The van der Waals surface area contributed by atoms with E-state index in [-0.39, 0.29) is 0 Å². The lowest BCUT2D eigenvalue weighted by molar-refractivity contribution is 0.415. The summed E-state index contributed by atoms with van der Waals surface area (Å²) in [6, 6.07) is 17.4. The van der Waals surface area contributed by atoms with Crippen LogP contribution in [-0.2, 0) is 0 Å². The second-order valence-electron chi connectivity index (χ2n) is 5.73. The van der Waals surface area contributed by atoms with Gasteiger partial charge in [-0.2, -0.15) is 0 Å². The van der Waals surface area contributed by atoms with Crippen molar-refractivity contribution in [3.63, 3.8) is 0 Å². The normalized spacial score (nSPS) is 10.7. The second kappa shape index (κ2) is 6.76. The van der Waals surface area contributed by atoms with Crippen molar-refractivity contribution in [3.05, 3.63) is 60.8 Å². The molecule has 4 rings (SSSR count). The van der Waals surface area contributed by atoms with Crippen molar-refractivity contribution in [2.75, 3.05) is 19.5 Å². The first kappa shape index (κ1) is 16.0. The van der Waals surface area contributed by atoms with Crippen LogP contribution in [0.1, 0.15) is 0 Å². The van der Waals surface area contributed by atoms with Crippen LogP contribution in [0.3, 0.4) is 0 Å². The molecule has 2 aromatic heterocycles. The van der Waals surface area contributed by atoms with Crippen molar-refractivity contribution >= 4 is 22.5 Å². The lowest BCUT2D eigenvalue weighted by Crippen LogP contribution is -1.95. The van der Waals surface area contributed by atoms with E-state index < -0.39 is 0 Å². The average molecular weight is 346 g/mol. The molecule has 0 aliphatic carbocycles. The number of anilines is 2. The Morgan fingerprint density at radius 2 is 1.69 bits per heavy atom. The Hall–Kier alpha value is -3.54. The van der Waals surface area contributed by atoms with Gasteiger partial charge in [-0.15, -0.1) is 0 Å². The van der Waals surface area contributed by atoms with Crippen LogP contribution < -0.4 is 14.8 Å². The van der Waals surface area contributed by atoms with Gasteiger partial charge in [-0.1, -0.05) is 18.2 Å². The minimum atomic E-state index is 0.682. The highest BCUT2D eigenvalue weighted by atomic mass is 16.5. The van der Waals surface area contributed by atoms with Crippen LogP contribution in [0, 0.1) is 0 Å². The Morgan fingerprint density at radius 3 is 2.50 bits per heavy atom. The molecule has 0 spiro atoms. The van der Waals surface area contributed by atoms with E-state index >= 15 is 0 Å². The first-order chi connectivity index (χ1) is 12.8. The SMILES string of the molecule is COc1cccc(Nc2nccc3[nH]c(-c4cccc(OC)c4)nc23)c1. The number of methoxy groups -OCH3 is 2. The molecular weight excluding hydrogens is 328 g/mol. The first-order valence-electron chi connectivity index (χ1n) is 8.17. The van der Waals surface area contributed by atoms with E-state index in [2.05, 4.69) is 15.3 Å². The van der Waals surface area contributed by atoms with Gasteiger partial charge in [0.2, 0.25) is 0 Å². The number of aromatic amines is 1. The Bertz CT molecular complexity index is 1060. The molecule has 2 heterocycles. The van der Waals surface area contributed by atoms with Gasteiger partial charge in [0.25, 0.3) is 0 Å². The fourth-order valence-corrected chi connectivity index (χ4v) is 2.77. The van der Waals surface area contributed by atoms with Crippen LogP contribution in [0.2, 0.25) is 0 Å². The number of hydrogen-bond acceptors (Lipinski definition) is 5. The highest BCUT2D eigenvalue weighted by Gasteiger charge is 2.11. The zero-order valence-corrected chi connectivity index (χ0v) is 14.5. The van der Waals surface area contributed by atoms with Gasteiger partial charge in [-0.25, -0.2) is 9.97 Å². The summed E-state index contributed by atoms with van der Waals surface area (Å²) in [4.78, 5) is 12.5. The van der Waals surface area contributed by atoms with Gasteiger partial charge in [0.15, 0.2) is 5.82 Å². The third-order valence-corrected chi connectivity index (χ3v) is 4.08. The van der Waals surface area contributed by atoms with Gasteiger partial charge in [-0.05, 0) is 30.3 Å². The summed E-state index contributed by atoms with van der Waals surface area (Å²) in [7, 11) is 3.30. The first-order valence-corrected chi connectivity index (χ1v) is 8.17. The molecule has 0 atom stereocenters. The maximum absolute atomic E-state index is 5.30. The number of nitrogens with one attached hydrogen (secondary N) is 2. The number of ether oxygens (including phenoxy) is 2. The number of H-pyrrole nitrogens is 1. The number of pyridine rings is 1. The predicted octanol–water partition coefficient (Wildman–Crippen LogP) is 4.39. The van der Waals surface area contributed by atoms with Crippen molar-refractivity contribution in [1.29, 1.82) is 0 Å². The van der Waals surface area contributed by atoms with Gasteiger partial charge in [-0.3, -0.25) is 0 Å². The molecule has 2 aromatic carbocycles. The summed E-state index contributed by atoms with van der Waals surface area (Å²) >= 11 is 0. The van der Waals surface area contributed by atoms with Crippen LogP contribution in [-0.4, -0.2) is 29.2 Å². The van der Waals surface area contributed by atoms with Crippen molar-refractivity contribution < 1.29 is 9.47 Å². The molecule has 0 aliphatic heterocycles. The number of benzene rings is 2. The van der Waals surface area contributed by atoms with Crippen LogP contribution >= 0.6 is 0 Å². The lowest BCUT2D eigenvalue weighted by Gasteiger charge is -2.07. The fraction of sp³-hybridized carbons (Fsp3) is 0.100. The van der Waals surface area contributed by atoms with Gasteiger partial charge in [0, 0.05) is 23.5 Å². The minimum Gasteiger partial charge on any atom is -0.497 e. The van der Waals surface area contributed by atoms with Gasteiger partial charge < -0.3 is 19.8 Å². The van der Waals surface area contributed by atoms with Crippen molar-refractivity contribution in [3.8, 4) is 22.9 Å². The third-order valence-electron chi connectivity index (χ3n) is 4.08. The molecule has 2 N–H and O–H groups in total.